The molecule has 0 aromatic carbocycles. The molecule has 1 amide bonds. The van der Waals surface area contributed by atoms with E-state index < -0.39 is 6.04 Å². The first kappa shape index (κ1) is 11.2. The summed E-state index contributed by atoms with van der Waals surface area (Å²) in [5, 5.41) is 4.92. The van der Waals surface area contributed by atoms with Gasteiger partial charge in [0, 0.05) is 4.88 Å². The molecule has 1 aromatic rings. The number of hydrogen-bond donors (Lipinski definition) is 2. The molecule has 1 aromatic heterocycles. The Morgan fingerprint density at radius 3 is 2.86 bits per heavy atom. The van der Waals surface area contributed by atoms with Gasteiger partial charge in [0.1, 0.15) is 0 Å². The zero-order valence-electron chi connectivity index (χ0n) is 8.49. The second-order valence-electron chi connectivity index (χ2n) is 3.27. The standard InChI is InChI=1S/C10H16N2OS/c1-3-8(9-5-4-6-14-9)12-10(13)7(2)11/h4-8H,3,11H2,1-2H3,(H,12,13)/t7-,8?/m0/s1. The van der Waals surface area contributed by atoms with Crippen molar-refractivity contribution in [2.24, 2.45) is 5.73 Å². The SMILES string of the molecule is CCC(NC(=O)[C@H](C)N)c1cccs1. The molecule has 0 saturated heterocycles. The molecule has 3 N–H and O–H groups in total. The maximum Gasteiger partial charge on any atom is 0.237 e. The van der Waals surface area contributed by atoms with Crippen LogP contribution in [0.2, 0.25) is 0 Å². The summed E-state index contributed by atoms with van der Waals surface area (Å²) >= 11 is 1.65. The number of thiophene rings is 1. The van der Waals surface area contributed by atoms with Gasteiger partial charge in [0.25, 0.3) is 0 Å². The number of carbonyl (C=O) groups excluding carboxylic acids is 1. The molecule has 3 nitrogen and oxygen atoms in total. The Bertz CT molecular complexity index is 282. The predicted molar refractivity (Wildman–Crippen MR) is 59.1 cm³/mol. The number of amides is 1. The predicted octanol–water partition coefficient (Wildman–Crippen LogP) is 1.66. The van der Waals surface area contributed by atoms with Crippen LogP contribution in [0, 0.1) is 0 Å². The third-order valence-corrected chi connectivity index (χ3v) is 3.01. The summed E-state index contributed by atoms with van der Waals surface area (Å²) in [5.41, 5.74) is 5.48. The highest BCUT2D eigenvalue weighted by Crippen LogP contribution is 2.21. The van der Waals surface area contributed by atoms with Crippen molar-refractivity contribution in [3.63, 3.8) is 0 Å². The zero-order chi connectivity index (χ0) is 10.6. The second kappa shape index (κ2) is 5.12. The minimum atomic E-state index is -0.441. The summed E-state index contributed by atoms with van der Waals surface area (Å²) < 4.78 is 0. The Labute approximate surface area is 88.3 Å². The molecule has 1 unspecified atom stereocenters. The smallest absolute Gasteiger partial charge is 0.237 e. The van der Waals surface area contributed by atoms with Crippen LogP contribution in [0.1, 0.15) is 31.2 Å². The summed E-state index contributed by atoms with van der Waals surface area (Å²) in [7, 11) is 0. The Hall–Kier alpha value is -0.870. The first-order chi connectivity index (χ1) is 6.65. The van der Waals surface area contributed by atoms with Gasteiger partial charge < -0.3 is 11.1 Å². The number of nitrogens with one attached hydrogen (secondary N) is 1. The third kappa shape index (κ3) is 2.82. The first-order valence-electron chi connectivity index (χ1n) is 4.74. The number of nitrogens with two attached hydrogens (primary N) is 1. The molecular weight excluding hydrogens is 196 g/mol. The van der Waals surface area contributed by atoms with Crippen molar-refractivity contribution in [1.82, 2.24) is 5.32 Å². The van der Waals surface area contributed by atoms with Crippen LogP contribution < -0.4 is 11.1 Å². The Morgan fingerprint density at radius 2 is 2.43 bits per heavy atom. The molecule has 14 heavy (non-hydrogen) atoms. The fourth-order valence-corrected chi connectivity index (χ4v) is 2.03. The monoisotopic (exact) mass is 212 g/mol. The van der Waals surface area contributed by atoms with E-state index in [9.17, 15) is 4.79 Å². The maximum absolute atomic E-state index is 11.4. The molecule has 0 bridgehead atoms. The van der Waals surface area contributed by atoms with Crippen molar-refractivity contribution < 1.29 is 4.79 Å². The highest BCUT2D eigenvalue weighted by atomic mass is 32.1. The van der Waals surface area contributed by atoms with E-state index in [4.69, 9.17) is 5.73 Å². The number of rotatable bonds is 4. The van der Waals surface area contributed by atoms with Crippen molar-refractivity contribution in [3.8, 4) is 0 Å². The van der Waals surface area contributed by atoms with E-state index in [0.717, 1.165) is 6.42 Å². The van der Waals surface area contributed by atoms with E-state index in [1.807, 2.05) is 24.4 Å². The molecule has 0 aliphatic heterocycles. The molecule has 0 aliphatic rings. The van der Waals surface area contributed by atoms with Gasteiger partial charge in [0.15, 0.2) is 0 Å². The van der Waals surface area contributed by atoms with Crippen LogP contribution in [0.3, 0.4) is 0 Å². The first-order valence-corrected chi connectivity index (χ1v) is 5.62. The van der Waals surface area contributed by atoms with E-state index in [2.05, 4.69) is 5.32 Å². The largest absolute Gasteiger partial charge is 0.347 e. The maximum atomic E-state index is 11.4. The van der Waals surface area contributed by atoms with Gasteiger partial charge in [-0.3, -0.25) is 4.79 Å². The average molecular weight is 212 g/mol. The minimum absolute atomic E-state index is 0.0924. The minimum Gasteiger partial charge on any atom is -0.347 e. The van der Waals surface area contributed by atoms with Gasteiger partial charge in [-0.1, -0.05) is 13.0 Å². The lowest BCUT2D eigenvalue weighted by Gasteiger charge is -2.16. The van der Waals surface area contributed by atoms with Gasteiger partial charge in [-0.15, -0.1) is 11.3 Å². The van der Waals surface area contributed by atoms with Gasteiger partial charge in [0.2, 0.25) is 5.91 Å². The van der Waals surface area contributed by atoms with Gasteiger partial charge in [-0.2, -0.15) is 0 Å². The summed E-state index contributed by atoms with van der Waals surface area (Å²) in [6.07, 6.45) is 0.888. The summed E-state index contributed by atoms with van der Waals surface area (Å²) in [6, 6.07) is 3.68. The summed E-state index contributed by atoms with van der Waals surface area (Å²) in [4.78, 5) is 12.6. The molecule has 0 aliphatic carbocycles. The fourth-order valence-electron chi connectivity index (χ4n) is 1.17. The fraction of sp³-hybridized carbons (Fsp3) is 0.500. The molecule has 0 saturated carbocycles. The Morgan fingerprint density at radius 1 is 1.71 bits per heavy atom. The molecule has 1 heterocycles. The normalized spacial score (nSPS) is 14.8. The van der Waals surface area contributed by atoms with E-state index >= 15 is 0 Å². The number of hydrogen-bond acceptors (Lipinski definition) is 3. The van der Waals surface area contributed by atoms with Crippen molar-refractivity contribution in [3.05, 3.63) is 22.4 Å². The molecule has 4 heteroatoms. The molecule has 0 spiro atoms. The van der Waals surface area contributed by atoms with E-state index in [0.29, 0.717) is 0 Å². The Kier molecular flexibility index (Phi) is 4.10. The van der Waals surface area contributed by atoms with Crippen LogP contribution >= 0.6 is 11.3 Å². The van der Waals surface area contributed by atoms with Gasteiger partial charge in [-0.05, 0) is 24.8 Å². The van der Waals surface area contributed by atoms with Gasteiger partial charge >= 0.3 is 0 Å². The lowest BCUT2D eigenvalue weighted by atomic mass is 10.2. The zero-order valence-corrected chi connectivity index (χ0v) is 9.30. The molecule has 2 atom stereocenters. The van der Waals surface area contributed by atoms with E-state index in [1.165, 1.54) is 4.88 Å². The van der Waals surface area contributed by atoms with Crippen LogP contribution in [-0.4, -0.2) is 11.9 Å². The van der Waals surface area contributed by atoms with E-state index in [1.54, 1.807) is 18.3 Å². The van der Waals surface area contributed by atoms with Crippen LogP contribution in [0.4, 0.5) is 0 Å². The highest BCUT2D eigenvalue weighted by molar-refractivity contribution is 7.10. The average Bonchev–Trinajstić information content (AvgIpc) is 2.66. The molecular formula is C10H16N2OS. The van der Waals surface area contributed by atoms with Crippen LogP contribution in [0.15, 0.2) is 17.5 Å². The van der Waals surface area contributed by atoms with E-state index in [-0.39, 0.29) is 11.9 Å². The second-order valence-corrected chi connectivity index (χ2v) is 4.25. The lowest BCUT2D eigenvalue weighted by Crippen LogP contribution is -2.39. The highest BCUT2D eigenvalue weighted by Gasteiger charge is 2.15. The van der Waals surface area contributed by atoms with Crippen molar-refractivity contribution >= 4 is 17.2 Å². The molecule has 0 radical (unpaired) electrons. The quantitative estimate of drug-likeness (QED) is 0.797. The van der Waals surface area contributed by atoms with Crippen LogP contribution in [-0.2, 0) is 4.79 Å². The summed E-state index contributed by atoms with van der Waals surface area (Å²) in [6.45, 7) is 3.74. The van der Waals surface area contributed by atoms with Gasteiger partial charge in [-0.25, -0.2) is 0 Å². The van der Waals surface area contributed by atoms with Gasteiger partial charge in [0.05, 0.1) is 12.1 Å². The third-order valence-electron chi connectivity index (χ3n) is 2.02. The van der Waals surface area contributed by atoms with Crippen LogP contribution in [0.25, 0.3) is 0 Å². The summed E-state index contributed by atoms with van der Waals surface area (Å²) in [5.74, 6) is -0.0924. The lowest BCUT2D eigenvalue weighted by molar-refractivity contribution is -0.122. The van der Waals surface area contributed by atoms with Crippen molar-refractivity contribution in [2.75, 3.05) is 0 Å². The topological polar surface area (TPSA) is 55.1 Å². The number of carbonyl (C=O) groups is 1. The molecule has 0 fully saturated rings. The van der Waals surface area contributed by atoms with Crippen molar-refractivity contribution in [2.45, 2.75) is 32.4 Å². The van der Waals surface area contributed by atoms with Crippen LogP contribution in [0.5, 0.6) is 0 Å². The molecule has 78 valence electrons. The Balaban J connectivity index is 2.61. The molecule has 1 rings (SSSR count). The van der Waals surface area contributed by atoms with Crippen molar-refractivity contribution in [1.29, 1.82) is 0 Å².